The second-order valence-electron chi connectivity index (χ2n) is 9.16. The van der Waals surface area contributed by atoms with Crippen molar-refractivity contribution in [3.8, 4) is 5.69 Å². The van der Waals surface area contributed by atoms with Crippen molar-refractivity contribution in [3.63, 3.8) is 0 Å². The number of hydrogen-bond donors (Lipinski definition) is 2. The molecule has 0 atom stereocenters. The Balaban J connectivity index is 0.000000406. The number of aliphatic carboxylic acids is 2. The smallest absolute Gasteiger partial charge is 0.418 e. The number of fused-ring (bicyclic) bond motifs is 1. The topological polar surface area (TPSA) is 86.0 Å². The summed E-state index contributed by atoms with van der Waals surface area (Å²) in [6, 6.07) is 23.9. The fraction of sp³-hybridized carbons (Fsp3) is 0.200. The number of carbonyl (C=O) groups is 2. The van der Waals surface area contributed by atoms with Crippen LogP contribution in [0.1, 0.15) is 11.1 Å². The number of benzene rings is 3. The molecule has 0 saturated carbocycles. The van der Waals surface area contributed by atoms with E-state index < -0.39 is 23.7 Å². The number of carboxylic acids is 2. The average Bonchev–Trinajstić information content (AvgIpc) is 3.31. The average molecular weight is 552 g/mol. The van der Waals surface area contributed by atoms with Gasteiger partial charge in [-0.3, -0.25) is 4.90 Å². The van der Waals surface area contributed by atoms with Crippen LogP contribution >= 0.6 is 0 Å². The van der Waals surface area contributed by atoms with E-state index in [2.05, 4.69) is 34.1 Å². The summed E-state index contributed by atoms with van der Waals surface area (Å²) in [6.07, 6.45) is -1.42. The van der Waals surface area contributed by atoms with Gasteiger partial charge in [-0.1, -0.05) is 48.5 Å². The van der Waals surface area contributed by atoms with Crippen molar-refractivity contribution in [1.29, 1.82) is 0 Å². The Bertz CT molecular complexity index is 1480. The molecule has 0 amide bonds. The molecule has 1 aliphatic rings. The Hall–Kier alpha value is -4.57. The van der Waals surface area contributed by atoms with E-state index in [-0.39, 0.29) is 5.69 Å². The van der Waals surface area contributed by atoms with Crippen LogP contribution in [0.2, 0.25) is 0 Å². The van der Waals surface area contributed by atoms with Gasteiger partial charge in [-0.05, 0) is 35.9 Å². The molecular formula is C30H28F3N3O4. The second-order valence-corrected chi connectivity index (χ2v) is 9.16. The number of halogens is 3. The molecule has 1 fully saturated rings. The summed E-state index contributed by atoms with van der Waals surface area (Å²) in [7, 11) is 0. The monoisotopic (exact) mass is 551 g/mol. The van der Waals surface area contributed by atoms with Crippen LogP contribution in [0.4, 0.5) is 18.9 Å². The van der Waals surface area contributed by atoms with E-state index in [9.17, 15) is 22.8 Å². The largest absolute Gasteiger partial charge is 0.478 e. The van der Waals surface area contributed by atoms with Crippen molar-refractivity contribution in [2.75, 3.05) is 31.1 Å². The van der Waals surface area contributed by atoms with Gasteiger partial charge in [-0.15, -0.1) is 0 Å². The fourth-order valence-electron chi connectivity index (χ4n) is 4.69. The van der Waals surface area contributed by atoms with Crippen molar-refractivity contribution < 1.29 is 33.0 Å². The Morgan fingerprint density at radius 2 is 1.35 bits per heavy atom. The van der Waals surface area contributed by atoms with Crippen LogP contribution in [-0.2, 0) is 22.3 Å². The predicted octanol–water partition coefficient (Wildman–Crippen LogP) is 5.68. The first kappa shape index (κ1) is 28.4. The number of anilines is 1. The number of aromatic nitrogens is 1. The molecule has 10 heteroatoms. The summed E-state index contributed by atoms with van der Waals surface area (Å²) in [4.78, 5) is 23.9. The summed E-state index contributed by atoms with van der Waals surface area (Å²) in [5.41, 5.74) is 2.61. The zero-order valence-electron chi connectivity index (χ0n) is 21.5. The molecule has 0 aliphatic carbocycles. The van der Waals surface area contributed by atoms with Crippen molar-refractivity contribution in [2.45, 2.75) is 12.7 Å². The molecule has 1 aromatic heterocycles. The number of para-hydroxylation sites is 3. The molecule has 40 heavy (non-hydrogen) atoms. The number of alkyl halides is 3. The predicted molar refractivity (Wildman–Crippen MR) is 147 cm³/mol. The number of hydrogen-bond acceptors (Lipinski definition) is 4. The van der Waals surface area contributed by atoms with Crippen LogP contribution < -0.4 is 4.90 Å². The summed E-state index contributed by atoms with van der Waals surface area (Å²) in [6.45, 7) is 4.39. The molecule has 5 rings (SSSR count). The van der Waals surface area contributed by atoms with E-state index >= 15 is 0 Å². The van der Waals surface area contributed by atoms with Gasteiger partial charge in [0.2, 0.25) is 0 Å². The van der Waals surface area contributed by atoms with Crippen LogP contribution in [0.15, 0.2) is 97.2 Å². The zero-order valence-corrected chi connectivity index (χ0v) is 21.5. The zero-order chi connectivity index (χ0) is 28.7. The van der Waals surface area contributed by atoms with Crippen molar-refractivity contribution in [1.82, 2.24) is 9.47 Å². The molecule has 0 radical (unpaired) electrons. The summed E-state index contributed by atoms with van der Waals surface area (Å²) < 4.78 is 42.7. The highest BCUT2D eigenvalue weighted by atomic mass is 19.4. The van der Waals surface area contributed by atoms with E-state index in [1.807, 2.05) is 36.5 Å². The highest BCUT2D eigenvalue weighted by Gasteiger charge is 2.34. The molecule has 208 valence electrons. The Kier molecular flexibility index (Phi) is 8.90. The van der Waals surface area contributed by atoms with Gasteiger partial charge in [0.1, 0.15) is 0 Å². The number of rotatable bonds is 6. The minimum absolute atomic E-state index is 0.163. The third-order valence-electron chi connectivity index (χ3n) is 6.52. The normalized spacial score (nSPS) is 14.2. The van der Waals surface area contributed by atoms with Gasteiger partial charge in [0.05, 0.1) is 16.8 Å². The highest BCUT2D eigenvalue weighted by Crippen LogP contribution is 2.36. The first-order valence-corrected chi connectivity index (χ1v) is 12.6. The second kappa shape index (κ2) is 12.5. The number of piperazine rings is 1. The minimum atomic E-state index is -4.41. The first-order chi connectivity index (χ1) is 19.1. The molecule has 2 heterocycles. The first-order valence-electron chi connectivity index (χ1n) is 12.6. The molecule has 4 aromatic rings. The standard InChI is InChI=1S/C26H24F3N3.C4H4O4/c27-26(28,29)23-11-5-7-13-25(23)32-19-20(22-10-4-6-12-24(22)32)18-30-14-16-31(17-15-30)21-8-2-1-3-9-21;5-3(6)1-2-4(7)8/h1-13,19H,14-18H2;1-2H,(H,5,6)(H,7,8)/b;2-1+. The van der Waals surface area contributed by atoms with Crippen LogP contribution in [0.5, 0.6) is 0 Å². The third-order valence-corrected chi connectivity index (χ3v) is 6.52. The lowest BCUT2D eigenvalue weighted by molar-refractivity contribution is -0.137. The summed E-state index contributed by atoms with van der Waals surface area (Å²) >= 11 is 0. The Morgan fingerprint density at radius 3 is 1.98 bits per heavy atom. The maximum absolute atomic E-state index is 13.7. The van der Waals surface area contributed by atoms with Gasteiger partial charge < -0.3 is 19.7 Å². The van der Waals surface area contributed by atoms with Gasteiger partial charge in [0.15, 0.2) is 0 Å². The lowest BCUT2D eigenvalue weighted by atomic mass is 10.1. The molecule has 0 unspecified atom stereocenters. The van der Waals surface area contributed by atoms with Crippen LogP contribution in [0.3, 0.4) is 0 Å². The SMILES string of the molecule is FC(F)(F)c1ccccc1-n1cc(CN2CCN(c3ccccc3)CC2)c2ccccc21.O=C(O)/C=C/C(=O)O. The number of carboxylic acid groups (broad SMARTS) is 2. The lowest BCUT2D eigenvalue weighted by Gasteiger charge is -2.36. The van der Waals surface area contributed by atoms with Gasteiger partial charge in [-0.25, -0.2) is 9.59 Å². The quantitative estimate of drug-likeness (QED) is 0.300. The molecule has 1 aliphatic heterocycles. The summed E-state index contributed by atoms with van der Waals surface area (Å²) in [5.74, 6) is -2.51. The van der Waals surface area contributed by atoms with Gasteiger partial charge in [-0.2, -0.15) is 13.2 Å². The van der Waals surface area contributed by atoms with E-state index in [1.165, 1.54) is 17.8 Å². The van der Waals surface area contributed by atoms with Crippen molar-refractivity contribution in [3.05, 3.63) is 108 Å². The summed E-state index contributed by atoms with van der Waals surface area (Å²) in [5, 5.41) is 16.6. The number of nitrogens with zero attached hydrogens (tertiary/aromatic N) is 3. The van der Waals surface area contributed by atoms with E-state index in [0.717, 1.165) is 48.7 Å². The van der Waals surface area contributed by atoms with Crippen LogP contribution in [-0.4, -0.2) is 57.8 Å². The molecule has 0 spiro atoms. The minimum Gasteiger partial charge on any atom is -0.478 e. The van der Waals surface area contributed by atoms with E-state index in [4.69, 9.17) is 10.2 Å². The van der Waals surface area contributed by atoms with E-state index in [0.29, 0.717) is 18.7 Å². The van der Waals surface area contributed by atoms with Gasteiger partial charge in [0.25, 0.3) is 0 Å². The molecule has 1 saturated heterocycles. The maximum atomic E-state index is 13.7. The fourth-order valence-corrected chi connectivity index (χ4v) is 4.69. The molecule has 3 aromatic carbocycles. The molecule has 7 nitrogen and oxygen atoms in total. The maximum Gasteiger partial charge on any atom is 0.418 e. The van der Waals surface area contributed by atoms with Crippen LogP contribution in [0.25, 0.3) is 16.6 Å². The van der Waals surface area contributed by atoms with Crippen LogP contribution in [0, 0.1) is 0 Å². The molecule has 0 bridgehead atoms. The van der Waals surface area contributed by atoms with Crippen molar-refractivity contribution in [2.24, 2.45) is 0 Å². The van der Waals surface area contributed by atoms with Gasteiger partial charge in [0, 0.05) is 62.1 Å². The lowest BCUT2D eigenvalue weighted by Crippen LogP contribution is -2.45. The molecular weight excluding hydrogens is 523 g/mol. The highest BCUT2D eigenvalue weighted by molar-refractivity contribution is 5.89. The Labute approximate surface area is 229 Å². The molecule has 2 N–H and O–H groups in total. The van der Waals surface area contributed by atoms with Gasteiger partial charge >= 0.3 is 18.1 Å². The third kappa shape index (κ3) is 7.09. The van der Waals surface area contributed by atoms with Crippen molar-refractivity contribution >= 4 is 28.5 Å². The Morgan fingerprint density at radius 1 is 0.775 bits per heavy atom. The van der Waals surface area contributed by atoms with E-state index in [1.54, 1.807) is 10.6 Å².